The van der Waals surface area contributed by atoms with E-state index >= 15 is 0 Å². The Morgan fingerprint density at radius 2 is 1.69 bits per heavy atom. The highest BCUT2D eigenvalue weighted by atomic mass is 19.4. The number of nitrogens with one attached hydrogen (secondary N) is 2. The van der Waals surface area contributed by atoms with E-state index in [0.29, 0.717) is 11.3 Å². The fourth-order valence-corrected chi connectivity index (χ4v) is 3.36. The van der Waals surface area contributed by atoms with Gasteiger partial charge in [0.25, 0.3) is 5.91 Å². The van der Waals surface area contributed by atoms with E-state index in [1.165, 1.54) is 19.2 Å². The number of amides is 2. The van der Waals surface area contributed by atoms with E-state index in [1.807, 2.05) is 0 Å². The van der Waals surface area contributed by atoms with Crippen LogP contribution in [0.4, 0.5) is 13.2 Å². The van der Waals surface area contributed by atoms with Crippen LogP contribution in [0.2, 0.25) is 0 Å². The van der Waals surface area contributed by atoms with Gasteiger partial charge in [0.1, 0.15) is 5.75 Å². The average Bonchev–Trinajstić information content (AvgIpc) is 3.47. The first-order valence-corrected chi connectivity index (χ1v) is 10.3. The van der Waals surface area contributed by atoms with Crippen LogP contribution in [-0.4, -0.2) is 51.7 Å². The number of aromatic nitrogens is 4. The number of carbonyl (C=O) groups excluding carboxylic acids is 2. The number of hydrogen-bond acceptors (Lipinski definition) is 7. The smallest absolute Gasteiger partial charge is 0.449 e. The number of hydrogen-bond donors (Lipinski definition) is 2. The predicted octanol–water partition coefficient (Wildman–Crippen LogP) is 2.65. The molecule has 4 aromatic rings. The average molecular weight is 488 g/mol. The molecular formula is C22H19F3N6O4. The normalized spacial score (nSPS) is 11.4. The van der Waals surface area contributed by atoms with E-state index < -0.39 is 30.3 Å². The molecule has 0 saturated heterocycles. The van der Waals surface area contributed by atoms with Gasteiger partial charge in [-0.1, -0.05) is 29.4 Å². The van der Waals surface area contributed by atoms with Crippen molar-refractivity contribution in [3.8, 4) is 5.75 Å². The van der Waals surface area contributed by atoms with Crippen LogP contribution in [0.1, 0.15) is 32.7 Å². The Morgan fingerprint density at radius 3 is 2.43 bits per heavy atom. The zero-order valence-electron chi connectivity index (χ0n) is 18.3. The predicted molar refractivity (Wildman–Crippen MR) is 116 cm³/mol. The molecule has 35 heavy (non-hydrogen) atoms. The second-order valence-electron chi connectivity index (χ2n) is 7.24. The Morgan fingerprint density at radius 1 is 1.00 bits per heavy atom. The summed E-state index contributed by atoms with van der Waals surface area (Å²) >= 11 is 0. The lowest BCUT2D eigenvalue weighted by molar-refractivity contribution is -0.146. The van der Waals surface area contributed by atoms with Gasteiger partial charge in [-0.3, -0.25) is 9.59 Å². The number of carbonyl (C=O) groups is 2. The molecule has 4 rings (SSSR count). The van der Waals surface area contributed by atoms with Crippen molar-refractivity contribution in [3.05, 3.63) is 71.6 Å². The Kier molecular flexibility index (Phi) is 6.66. The monoisotopic (exact) mass is 488 g/mol. The second kappa shape index (κ2) is 9.83. The molecule has 0 atom stereocenters. The van der Waals surface area contributed by atoms with Crippen molar-refractivity contribution in [3.63, 3.8) is 0 Å². The van der Waals surface area contributed by atoms with Crippen molar-refractivity contribution in [1.82, 2.24) is 30.3 Å². The van der Waals surface area contributed by atoms with Gasteiger partial charge in [0.05, 0.1) is 30.3 Å². The maximum absolute atomic E-state index is 13.5. The molecule has 2 amide bonds. The molecule has 0 fully saturated rings. The van der Waals surface area contributed by atoms with Gasteiger partial charge >= 0.3 is 18.0 Å². The number of fused-ring (bicyclic) bond motifs is 1. The molecule has 10 nitrogen and oxygen atoms in total. The van der Waals surface area contributed by atoms with E-state index in [-0.39, 0.29) is 35.9 Å². The Balaban J connectivity index is 1.36. The van der Waals surface area contributed by atoms with Crippen molar-refractivity contribution in [2.45, 2.75) is 12.7 Å². The van der Waals surface area contributed by atoms with E-state index in [1.54, 1.807) is 36.4 Å². The van der Waals surface area contributed by atoms with Crippen molar-refractivity contribution >= 4 is 22.8 Å². The van der Waals surface area contributed by atoms with Crippen LogP contribution < -0.4 is 15.4 Å². The molecule has 0 unspecified atom stereocenters. The van der Waals surface area contributed by atoms with E-state index in [2.05, 4.69) is 25.8 Å². The van der Waals surface area contributed by atoms with Crippen molar-refractivity contribution in [2.75, 3.05) is 20.2 Å². The molecule has 0 spiro atoms. The van der Waals surface area contributed by atoms with Crippen LogP contribution >= 0.6 is 0 Å². The topological polar surface area (TPSA) is 124 Å². The number of nitrogens with zero attached hydrogens (tertiary/aromatic N) is 4. The third-order valence-electron chi connectivity index (χ3n) is 4.92. The SMILES string of the molecule is COc1ccccc1C(=O)NCCNC(=O)c1nc(Cn2c(C(F)(F)F)nc3ccccc32)no1. The highest BCUT2D eigenvalue weighted by Crippen LogP contribution is 2.31. The Labute approximate surface area is 196 Å². The number of benzene rings is 2. The lowest BCUT2D eigenvalue weighted by atomic mass is 10.2. The molecule has 2 aromatic heterocycles. The lowest BCUT2D eigenvalue weighted by Gasteiger charge is -2.09. The van der Waals surface area contributed by atoms with Crippen LogP contribution in [0, 0.1) is 0 Å². The van der Waals surface area contributed by atoms with E-state index in [0.717, 1.165) is 4.57 Å². The first kappa shape index (κ1) is 23.7. The molecular weight excluding hydrogens is 469 g/mol. The molecule has 0 saturated carbocycles. The number of alkyl halides is 3. The molecule has 2 N–H and O–H groups in total. The van der Waals surface area contributed by atoms with Crippen LogP contribution in [0.15, 0.2) is 53.1 Å². The minimum Gasteiger partial charge on any atom is -0.496 e. The van der Waals surface area contributed by atoms with Gasteiger partial charge in [0.2, 0.25) is 5.82 Å². The first-order valence-electron chi connectivity index (χ1n) is 10.3. The molecule has 2 heterocycles. The molecule has 0 bridgehead atoms. The number of ether oxygens (including phenoxy) is 1. The van der Waals surface area contributed by atoms with Gasteiger partial charge < -0.3 is 24.5 Å². The number of para-hydroxylation sites is 3. The maximum Gasteiger partial charge on any atom is 0.449 e. The zero-order chi connectivity index (χ0) is 25.0. The highest BCUT2D eigenvalue weighted by molar-refractivity contribution is 5.97. The van der Waals surface area contributed by atoms with E-state index in [9.17, 15) is 22.8 Å². The first-order chi connectivity index (χ1) is 16.8. The molecule has 2 aromatic carbocycles. The minimum atomic E-state index is -4.70. The zero-order valence-corrected chi connectivity index (χ0v) is 18.3. The summed E-state index contributed by atoms with van der Waals surface area (Å²) in [6.07, 6.45) is -4.70. The van der Waals surface area contributed by atoms with Crippen LogP contribution in [0.5, 0.6) is 5.75 Å². The molecule has 0 radical (unpaired) electrons. The number of halogens is 3. The van der Waals surface area contributed by atoms with Crippen molar-refractivity contribution < 1.29 is 32.0 Å². The summed E-state index contributed by atoms with van der Waals surface area (Å²) in [4.78, 5) is 32.1. The van der Waals surface area contributed by atoms with Crippen LogP contribution in [0.3, 0.4) is 0 Å². The van der Waals surface area contributed by atoms with Crippen LogP contribution in [-0.2, 0) is 12.7 Å². The Bertz CT molecular complexity index is 1360. The number of imidazole rings is 1. The summed E-state index contributed by atoms with van der Waals surface area (Å²) in [5.41, 5.74) is 0.742. The van der Waals surface area contributed by atoms with Crippen LogP contribution in [0.25, 0.3) is 11.0 Å². The standard InChI is InChI=1S/C22H19F3N6O4/c1-34-16-9-5-2-6-13(16)18(32)26-10-11-27-19(33)20-29-17(30-35-20)12-31-15-8-4-3-7-14(15)28-21(31)22(23,24)25/h2-9H,10-12H2,1H3,(H,26,32)(H,27,33). The largest absolute Gasteiger partial charge is 0.496 e. The summed E-state index contributed by atoms with van der Waals surface area (Å²) in [5, 5.41) is 8.74. The molecule has 0 aliphatic rings. The minimum absolute atomic E-state index is 0.0435. The quantitative estimate of drug-likeness (QED) is 0.366. The molecule has 0 aliphatic carbocycles. The number of rotatable bonds is 8. The van der Waals surface area contributed by atoms with E-state index in [4.69, 9.17) is 9.26 Å². The summed E-state index contributed by atoms with van der Waals surface area (Å²) in [6, 6.07) is 12.8. The Hall–Kier alpha value is -4.42. The summed E-state index contributed by atoms with van der Waals surface area (Å²) in [6.45, 7) is -0.261. The third kappa shape index (κ3) is 5.23. The summed E-state index contributed by atoms with van der Waals surface area (Å²) < 4.78 is 51.3. The van der Waals surface area contributed by atoms with Crippen molar-refractivity contribution in [2.24, 2.45) is 0 Å². The van der Waals surface area contributed by atoms with Gasteiger partial charge in [0, 0.05) is 13.1 Å². The molecule has 182 valence electrons. The van der Waals surface area contributed by atoms with Crippen molar-refractivity contribution in [1.29, 1.82) is 0 Å². The third-order valence-corrected chi connectivity index (χ3v) is 4.92. The lowest BCUT2D eigenvalue weighted by Crippen LogP contribution is -2.35. The summed E-state index contributed by atoms with van der Waals surface area (Å²) in [7, 11) is 1.45. The highest BCUT2D eigenvalue weighted by Gasteiger charge is 2.38. The van der Waals surface area contributed by atoms with Gasteiger partial charge in [-0.25, -0.2) is 4.98 Å². The van der Waals surface area contributed by atoms with Gasteiger partial charge in [-0.2, -0.15) is 18.2 Å². The van der Waals surface area contributed by atoms with Gasteiger partial charge in [-0.15, -0.1) is 0 Å². The van der Waals surface area contributed by atoms with Gasteiger partial charge in [0.15, 0.2) is 5.82 Å². The fourth-order valence-electron chi connectivity index (χ4n) is 3.36. The van der Waals surface area contributed by atoms with Gasteiger partial charge in [-0.05, 0) is 24.3 Å². The molecule has 0 aliphatic heterocycles. The maximum atomic E-state index is 13.5. The number of methoxy groups -OCH3 is 1. The second-order valence-corrected chi connectivity index (χ2v) is 7.24. The summed E-state index contributed by atoms with van der Waals surface area (Å²) in [5.74, 6) is -2.37. The fraction of sp³-hybridized carbons (Fsp3) is 0.227. The molecule has 13 heteroatoms.